The second-order valence-corrected chi connectivity index (χ2v) is 7.81. The number of carbonyl (C=O) groups excluding carboxylic acids is 2. The normalized spacial score (nSPS) is 14.7. The molecular weight excluding hydrogens is 366 g/mol. The van der Waals surface area contributed by atoms with Gasteiger partial charge in [-0.05, 0) is 54.1 Å². The Hall–Kier alpha value is -2.43. The Labute approximate surface area is 160 Å². The SMILES string of the molecule is O=C(c1ccc(C2(C(=O)Nc3ccc(Cl)cc3)CC2)cc1)c1cccs1. The molecule has 1 aliphatic rings. The third-order valence-corrected chi connectivity index (χ3v) is 5.85. The number of halogens is 1. The Morgan fingerprint density at radius 2 is 1.65 bits per heavy atom. The molecule has 5 heteroatoms. The highest BCUT2D eigenvalue weighted by Gasteiger charge is 2.51. The first-order valence-corrected chi connectivity index (χ1v) is 9.60. The summed E-state index contributed by atoms with van der Waals surface area (Å²) in [5.41, 5.74) is 1.83. The zero-order valence-electron chi connectivity index (χ0n) is 13.9. The highest BCUT2D eigenvalue weighted by molar-refractivity contribution is 7.12. The van der Waals surface area contributed by atoms with Gasteiger partial charge in [0.05, 0.1) is 10.3 Å². The number of benzene rings is 2. The second kappa shape index (κ2) is 6.71. The predicted molar refractivity (Wildman–Crippen MR) is 105 cm³/mol. The van der Waals surface area contributed by atoms with Crippen LogP contribution in [0.25, 0.3) is 0 Å². The van der Waals surface area contributed by atoms with E-state index in [9.17, 15) is 9.59 Å². The molecule has 0 unspecified atom stereocenters. The van der Waals surface area contributed by atoms with Crippen molar-refractivity contribution in [1.82, 2.24) is 0 Å². The summed E-state index contributed by atoms with van der Waals surface area (Å²) in [6.45, 7) is 0. The highest BCUT2D eigenvalue weighted by Crippen LogP contribution is 2.49. The number of carbonyl (C=O) groups is 2. The molecule has 130 valence electrons. The first-order valence-electron chi connectivity index (χ1n) is 8.34. The molecule has 3 nitrogen and oxygen atoms in total. The fraction of sp³-hybridized carbons (Fsp3) is 0.143. The summed E-state index contributed by atoms with van der Waals surface area (Å²) in [7, 11) is 0. The van der Waals surface area contributed by atoms with Gasteiger partial charge >= 0.3 is 0 Å². The standard InChI is InChI=1S/C21H16ClNO2S/c22-16-7-9-17(10-8-16)23-20(25)21(11-12-21)15-5-3-14(4-6-15)19(24)18-2-1-13-26-18/h1-10,13H,11-12H2,(H,23,25). The molecule has 0 bridgehead atoms. The van der Waals surface area contributed by atoms with Crippen LogP contribution in [-0.2, 0) is 10.2 Å². The van der Waals surface area contributed by atoms with E-state index in [-0.39, 0.29) is 11.7 Å². The van der Waals surface area contributed by atoms with Crippen molar-refractivity contribution in [1.29, 1.82) is 0 Å². The number of rotatable bonds is 5. The van der Waals surface area contributed by atoms with Crippen LogP contribution in [-0.4, -0.2) is 11.7 Å². The first-order chi connectivity index (χ1) is 12.6. The fourth-order valence-corrected chi connectivity index (χ4v) is 3.86. The Balaban J connectivity index is 1.52. The van der Waals surface area contributed by atoms with Crippen molar-refractivity contribution < 1.29 is 9.59 Å². The van der Waals surface area contributed by atoms with Crippen LogP contribution in [0.3, 0.4) is 0 Å². The van der Waals surface area contributed by atoms with Gasteiger partial charge in [0.2, 0.25) is 11.7 Å². The number of hydrogen-bond acceptors (Lipinski definition) is 3. The molecule has 1 saturated carbocycles. The predicted octanol–water partition coefficient (Wildman–Crippen LogP) is 5.30. The molecule has 1 heterocycles. The van der Waals surface area contributed by atoms with Gasteiger partial charge in [-0.3, -0.25) is 9.59 Å². The topological polar surface area (TPSA) is 46.2 Å². The number of nitrogens with one attached hydrogen (secondary N) is 1. The molecule has 1 fully saturated rings. The summed E-state index contributed by atoms with van der Waals surface area (Å²) in [6, 6.07) is 18.2. The summed E-state index contributed by atoms with van der Waals surface area (Å²) in [5.74, 6) is -0.000770. The number of thiophene rings is 1. The van der Waals surface area contributed by atoms with Crippen LogP contribution in [0.1, 0.15) is 33.6 Å². The molecule has 1 amide bonds. The van der Waals surface area contributed by atoms with E-state index in [2.05, 4.69) is 5.32 Å². The Kier molecular flexibility index (Phi) is 4.39. The lowest BCUT2D eigenvalue weighted by atomic mass is 9.93. The van der Waals surface area contributed by atoms with E-state index in [1.807, 2.05) is 41.8 Å². The molecule has 1 N–H and O–H groups in total. The average molecular weight is 382 g/mol. The van der Waals surface area contributed by atoms with Crippen LogP contribution < -0.4 is 5.32 Å². The lowest BCUT2D eigenvalue weighted by molar-refractivity contribution is -0.118. The number of ketones is 1. The molecule has 2 aromatic carbocycles. The maximum atomic E-state index is 12.8. The van der Waals surface area contributed by atoms with E-state index in [1.165, 1.54) is 11.3 Å². The number of anilines is 1. The molecule has 3 aromatic rings. The summed E-state index contributed by atoms with van der Waals surface area (Å²) >= 11 is 7.32. The first kappa shape index (κ1) is 17.0. The van der Waals surface area contributed by atoms with E-state index < -0.39 is 5.41 Å². The molecule has 1 aromatic heterocycles. The Morgan fingerprint density at radius 3 is 2.23 bits per heavy atom. The van der Waals surface area contributed by atoms with Crippen LogP contribution in [0.4, 0.5) is 5.69 Å². The largest absolute Gasteiger partial charge is 0.325 e. The highest BCUT2D eigenvalue weighted by atomic mass is 35.5. The van der Waals surface area contributed by atoms with Crippen molar-refractivity contribution >= 4 is 40.3 Å². The van der Waals surface area contributed by atoms with Crippen LogP contribution in [0.15, 0.2) is 66.0 Å². The van der Waals surface area contributed by atoms with Gasteiger partial charge in [0.15, 0.2) is 0 Å². The zero-order chi connectivity index (χ0) is 18.1. The van der Waals surface area contributed by atoms with Crippen molar-refractivity contribution in [2.75, 3.05) is 5.32 Å². The molecule has 26 heavy (non-hydrogen) atoms. The number of amides is 1. The molecule has 4 rings (SSSR count). The summed E-state index contributed by atoms with van der Waals surface area (Å²) in [4.78, 5) is 25.9. The third-order valence-electron chi connectivity index (χ3n) is 4.73. The maximum Gasteiger partial charge on any atom is 0.235 e. The molecule has 0 spiro atoms. The van der Waals surface area contributed by atoms with E-state index >= 15 is 0 Å². The maximum absolute atomic E-state index is 12.8. The lowest BCUT2D eigenvalue weighted by Crippen LogP contribution is -2.27. The molecule has 0 saturated heterocycles. The van der Waals surface area contributed by atoms with Crippen LogP contribution in [0.2, 0.25) is 5.02 Å². The summed E-state index contributed by atoms with van der Waals surface area (Å²) in [6.07, 6.45) is 1.62. The van der Waals surface area contributed by atoms with E-state index in [0.29, 0.717) is 10.6 Å². The van der Waals surface area contributed by atoms with Gasteiger partial charge < -0.3 is 5.32 Å². The molecule has 0 aliphatic heterocycles. The molecule has 0 atom stereocenters. The fourth-order valence-electron chi connectivity index (χ4n) is 3.05. The van der Waals surface area contributed by atoms with E-state index in [4.69, 9.17) is 11.6 Å². The van der Waals surface area contributed by atoms with Crippen molar-refractivity contribution in [2.45, 2.75) is 18.3 Å². The minimum Gasteiger partial charge on any atom is -0.325 e. The van der Waals surface area contributed by atoms with Gasteiger partial charge in [-0.2, -0.15) is 0 Å². The van der Waals surface area contributed by atoms with Gasteiger partial charge in [-0.1, -0.05) is 41.9 Å². The Bertz CT molecular complexity index is 943. The molecule has 1 aliphatic carbocycles. The quantitative estimate of drug-likeness (QED) is 0.609. The second-order valence-electron chi connectivity index (χ2n) is 6.43. The lowest BCUT2D eigenvalue weighted by Gasteiger charge is -2.16. The van der Waals surface area contributed by atoms with Crippen LogP contribution in [0, 0.1) is 0 Å². The van der Waals surface area contributed by atoms with Crippen LogP contribution >= 0.6 is 22.9 Å². The van der Waals surface area contributed by atoms with Gasteiger partial charge in [0, 0.05) is 16.3 Å². The Morgan fingerprint density at radius 1 is 0.962 bits per heavy atom. The summed E-state index contributed by atoms with van der Waals surface area (Å²) < 4.78 is 0. The third kappa shape index (κ3) is 3.18. The summed E-state index contributed by atoms with van der Waals surface area (Å²) in [5, 5.41) is 5.49. The van der Waals surface area contributed by atoms with Crippen molar-refractivity contribution in [3.63, 3.8) is 0 Å². The van der Waals surface area contributed by atoms with Crippen molar-refractivity contribution in [3.8, 4) is 0 Å². The minimum absolute atomic E-state index is 0.0158. The van der Waals surface area contributed by atoms with Crippen molar-refractivity contribution in [2.24, 2.45) is 0 Å². The molecule has 0 radical (unpaired) electrons. The van der Waals surface area contributed by atoms with Gasteiger partial charge in [-0.25, -0.2) is 0 Å². The monoisotopic (exact) mass is 381 g/mol. The van der Waals surface area contributed by atoms with Gasteiger partial charge in [-0.15, -0.1) is 11.3 Å². The zero-order valence-corrected chi connectivity index (χ0v) is 15.4. The van der Waals surface area contributed by atoms with Gasteiger partial charge in [0.25, 0.3) is 0 Å². The minimum atomic E-state index is -0.496. The van der Waals surface area contributed by atoms with E-state index in [0.717, 1.165) is 29.0 Å². The van der Waals surface area contributed by atoms with Crippen molar-refractivity contribution in [3.05, 3.63) is 87.1 Å². The average Bonchev–Trinajstić information content (AvgIpc) is 3.30. The number of hydrogen-bond donors (Lipinski definition) is 1. The smallest absolute Gasteiger partial charge is 0.235 e. The van der Waals surface area contributed by atoms with Gasteiger partial charge in [0.1, 0.15) is 0 Å². The van der Waals surface area contributed by atoms with Crippen LogP contribution in [0.5, 0.6) is 0 Å². The molecular formula is C21H16ClNO2S. The van der Waals surface area contributed by atoms with E-state index in [1.54, 1.807) is 24.3 Å².